The average Bonchev–Trinajstić information content (AvgIpc) is 3.12. The summed E-state index contributed by atoms with van der Waals surface area (Å²) in [4.78, 5) is 35.8. The van der Waals surface area contributed by atoms with Crippen LogP contribution in [-0.2, 0) is 14.3 Å². The molecule has 2 amide bonds. The highest BCUT2D eigenvalue weighted by Gasteiger charge is 2.29. The first kappa shape index (κ1) is 24.0. The predicted octanol–water partition coefficient (Wildman–Crippen LogP) is 2.81. The summed E-state index contributed by atoms with van der Waals surface area (Å²) in [5.74, 6) is -2.17. The zero-order chi connectivity index (χ0) is 24.0. The fourth-order valence-electron chi connectivity index (χ4n) is 3.78. The predicted molar refractivity (Wildman–Crippen MR) is 123 cm³/mol. The van der Waals surface area contributed by atoms with E-state index in [1.54, 1.807) is 6.08 Å². The molecule has 0 radical (unpaired) electrons. The largest absolute Gasteiger partial charge is 0.479 e. The molecule has 8 nitrogen and oxygen atoms in total. The van der Waals surface area contributed by atoms with Gasteiger partial charge in [-0.15, -0.1) is 0 Å². The molecule has 1 aliphatic carbocycles. The SMILES string of the molecule is CC(C)=CCC(NC(=O)OCC1c2ccccc2-c2ccccc21)C(=O)NCC(O)C(=O)O. The smallest absolute Gasteiger partial charge is 0.407 e. The molecule has 174 valence electrons. The van der Waals surface area contributed by atoms with E-state index < -0.39 is 36.7 Å². The molecule has 4 N–H and O–H groups in total. The van der Waals surface area contributed by atoms with Crippen LogP contribution >= 0.6 is 0 Å². The molecular weight excluding hydrogens is 424 g/mol. The highest BCUT2D eigenvalue weighted by molar-refractivity contribution is 5.86. The summed E-state index contributed by atoms with van der Waals surface area (Å²) in [7, 11) is 0. The van der Waals surface area contributed by atoms with Crippen LogP contribution in [0.1, 0.15) is 37.3 Å². The van der Waals surface area contributed by atoms with Crippen molar-refractivity contribution in [2.75, 3.05) is 13.2 Å². The summed E-state index contributed by atoms with van der Waals surface area (Å²) in [5.41, 5.74) is 5.33. The standard InChI is InChI=1S/C25H28N2O6/c1-15(2)11-12-21(23(29)26-13-22(28)24(30)31)27-25(32)33-14-20-18-9-5-3-7-16(18)17-8-4-6-10-19(17)20/h3-11,20-22,28H,12-14H2,1-2H3,(H,26,29)(H,27,32)(H,30,31). The number of rotatable bonds is 9. The third kappa shape index (κ3) is 5.98. The normalized spacial score (nSPS) is 13.8. The number of benzene rings is 2. The van der Waals surface area contributed by atoms with Crippen molar-refractivity contribution in [3.05, 3.63) is 71.3 Å². The van der Waals surface area contributed by atoms with Crippen molar-refractivity contribution in [2.45, 2.75) is 38.3 Å². The third-order valence-corrected chi connectivity index (χ3v) is 5.47. The van der Waals surface area contributed by atoms with Crippen molar-refractivity contribution in [2.24, 2.45) is 0 Å². The monoisotopic (exact) mass is 452 g/mol. The van der Waals surface area contributed by atoms with Gasteiger partial charge in [0.1, 0.15) is 12.6 Å². The van der Waals surface area contributed by atoms with E-state index in [4.69, 9.17) is 9.84 Å². The van der Waals surface area contributed by atoms with Gasteiger partial charge < -0.3 is 25.6 Å². The Bertz CT molecular complexity index is 1010. The lowest BCUT2D eigenvalue weighted by molar-refractivity contribution is -0.146. The number of carbonyl (C=O) groups excluding carboxylic acids is 2. The van der Waals surface area contributed by atoms with Gasteiger partial charge in [0, 0.05) is 5.92 Å². The minimum atomic E-state index is -1.73. The number of ether oxygens (including phenoxy) is 1. The Balaban J connectivity index is 1.65. The van der Waals surface area contributed by atoms with Crippen LogP contribution in [0.4, 0.5) is 4.79 Å². The molecule has 0 aromatic heterocycles. The number of carbonyl (C=O) groups is 3. The second kappa shape index (κ2) is 10.8. The van der Waals surface area contributed by atoms with Gasteiger partial charge in [0.15, 0.2) is 6.10 Å². The molecule has 0 saturated heterocycles. The summed E-state index contributed by atoms with van der Waals surface area (Å²) < 4.78 is 5.50. The van der Waals surface area contributed by atoms with Gasteiger partial charge in [0.05, 0.1) is 6.54 Å². The van der Waals surface area contributed by atoms with Crippen LogP contribution in [0.2, 0.25) is 0 Å². The molecular formula is C25H28N2O6. The van der Waals surface area contributed by atoms with Crippen molar-refractivity contribution in [3.63, 3.8) is 0 Å². The number of amides is 2. The fraction of sp³-hybridized carbons (Fsp3) is 0.320. The molecule has 8 heteroatoms. The van der Waals surface area contributed by atoms with Gasteiger partial charge in [-0.1, -0.05) is 60.2 Å². The highest BCUT2D eigenvalue weighted by atomic mass is 16.5. The van der Waals surface area contributed by atoms with Crippen LogP contribution in [0.25, 0.3) is 11.1 Å². The van der Waals surface area contributed by atoms with Crippen LogP contribution in [0, 0.1) is 0 Å². The first-order valence-electron chi connectivity index (χ1n) is 10.7. The Morgan fingerprint density at radius 2 is 1.61 bits per heavy atom. The Morgan fingerprint density at radius 3 is 2.15 bits per heavy atom. The Hall–Kier alpha value is -3.65. The number of carboxylic acids is 1. The molecule has 0 heterocycles. The van der Waals surface area contributed by atoms with Gasteiger partial charge in [-0.05, 0) is 42.5 Å². The number of nitrogens with one attached hydrogen (secondary N) is 2. The number of allylic oxidation sites excluding steroid dienone is 1. The number of aliphatic carboxylic acids is 1. The number of hydrogen-bond acceptors (Lipinski definition) is 5. The molecule has 0 saturated carbocycles. The first-order valence-corrected chi connectivity index (χ1v) is 10.7. The van der Waals surface area contributed by atoms with E-state index in [2.05, 4.69) is 10.6 Å². The molecule has 2 aromatic rings. The molecule has 0 aliphatic heterocycles. The molecule has 3 rings (SSSR count). The van der Waals surface area contributed by atoms with Gasteiger partial charge in [-0.3, -0.25) is 4.79 Å². The average molecular weight is 453 g/mol. The maximum absolute atomic E-state index is 12.6. The lowest BCUT2D eigenvalue weighted by Gasteiger charge is -2.19. The molecule has 1 aliphatic rings. The second-order valence-corrected chi connectivity index (χ2v) is 8.14. The van der Waals surface area contributed by atoms with E-state index in [1.807, 2.05) is 62.4 Å². The Morgan fingerprint density at radius 1 is 1.03 bits per heavy atom. The van der Waals surface area contributed by atoms with E-state index in [9.17, 15) is 19.5 Å². The number of aliphatic hydroxyl groups is 1. The zero-order valence-corrected chi connectivity index (χ0v) is 18.6. The van der Waals surface area contributed by atoms with Crippen molar-refractivity contribution >= 4 is 18.0 Å². The lowest BCUT2D eigenvalue weighted by Crippen LogP contribution is -2.49. The lowest BCUT2D eigenvalue weighted by atomic mass is 9.98. The van der Waals surface area contributed by atoms with E-state index >= 15 is 0 Å². The summed E-state index contributed by atoms with van der Waals surface area (Å²) >= 11 is 0. The summed E-state index contributed by atoms with van der Waals surface area (Å²) in [6.45, 7) is 3.35. The third-order valence-electron chi connectivity index (χ3n) is 5.47. The second-order valence-electron chi connectivity index (χ2n) is 8.14. The van der Waals surface area contributed by atoms with Crippen molar-refractivity contribution in [1.82, 2.24) is 10.6 Å². The summed E-state index contributed by atoms with van der Waals surface area (Å²) in [6.07, 6.45) is -0.506. The van der Waals surface area contributed by atoms with Gasteiger partial charge in [0.2, 0.25) is 5.91 Å². The van der Waals surface area contributed by atoms with Gasteiger partial charge in [0.25, 0.3) is 0 Å². The number of alkyl carbamates (subject to hydrolysis) is 1. The molecule has 0 spiro atoms. The van der Waals surface area contributed by atoms with Crippen LogP contribution in [0.5, 0.6) is 0 Å². The van der Waals surface area contributed by atoms with E-state index in [-0.39, 0.29) is 18.9 Å². The first-order chi connectivity index (χ1) is 15.8. The summed E-state index contributed by atoms with van der Waals surface area (Å²) in [6, 6.07) is 15.0. The highest BCUT2D eigenvalue weighted by Crippen LogP contribution is 2.44. The van der Waals surface area contributed by atoms with E-state index in [0.29, 0.717) is 0 Å². The topological polar surface area (TPSA) is 125 Å². The maximum atomic E-state index is 12.6. The molecule has 2 atom stereocenters. The molecule has 0 bridgehead atoms. The Labute approximate surface area is 192 Å². The minimum absolute atomic E-state index is 0.106. The number of hydrogen-bond donors (Lipinski definition) is 4. The van der Waals surface area contributed by atoms with E-state index in [0.717, 1.165) is 27.8 Å². The molecule has 33 heavy (non-hydrogen) atoms. The molecule has 0 fully saturated rings. The molecule has 2 aromatic carbocycles. The number of fused-ring (bicyclic) bond motifs is 3. The van der Waals surface area contributed by atoms with Crippen molar-refractivity contribution in [1.29, 1.82) is 0 Å². The van der Waals surface area contributed by atoms with Gasteiger partial charge >= 0.3 is 12.1 Å². The minimum Gasteiger partial charge on any atom is -0.479 e. The zero-order valence-electron chi connectivity index (χ0n) is 18.6. The Kier molecular flexibility index (Phi) is 7.84. The van der Waals surface area contributed by atoms with Crippen LogP contribution in [0.3, 0.4) is 0 Å². The number of carboxylic acid groups (broad SMARTS) is 1. The van der Waals surface area contributed by atoms with E-state index in [1.165, 1.54) is 0 Å². The van der Waals surface area contributed by atoms with Crippen molar-refractivity contribution < 1.29 is 29.3 Å². The quantitative estimate of drug-likeness (QED) is 0.434. The molecule has 2 unspecified atom stereocenters. The van der Waals surface area contributed by atoms with Gasteiger partial charge in [-0.2, -0.15) is 0 Å². The van der Waals surface area contributed by atoms with Crippen LogP contribution < -0.4 is 10.6 Å². The number of aliphatic hydroxyl groups excluding tert-OH is 1. The van der Waals surface area contributed by atoms with Crippen molar-refractivity contribution in [3.8, 4) is 11.1 Å². The maximum Gasteiger partial charge on any atom is 0.407 e. The fourth-order valence-corrected chi connectivity index (χ4v) is 3.78. The van der Waals surface area contributed by atoms with Crippen LogP contribution in [-0.4, -0.2) is 53.5 Å². The van der Waals surface area contributed by atoms with Gasteiger partial charge in [-0.25, -0.2) is 9.59 Å². The van der Waals surface area contributed by atoms with Crippen LogP contribution in [0.15, 0.2) is 60.2 Å². The summed E-state index contributed by atoms with van der Waals surface area (Å²) in [5, 5.41) is 23.0.